The van der Waals surface area contributed by atoms with Crippen molar-refractivity contribution in [3.63, 3.8) is 0 Å². The third-order valence-electron chi connectivity index (χ3n) is 2.89. The van der Waals surface area contributed by atoms with Crippen LogP contribution >= 0.6 is 0 Å². The summed E-state index contributed by atoms with van der Waals surface area (Å²) >= 11 is 0. The van der Waals surface area contributed by atoms with E-state index in [1.807, 2.05) is 6.07 Å². The van der Waals surface area contributed by atoms with Crippen LogP contribution in [0.2, 0.25) is 0 Å². The second kappa shape index (κ2) is 7.94. The molecule has 0 aromatic carbocycles. The summed E-state index contributed by atoms with van der Waals surface area (Å²) in [7, 11) is 0. The largest absolute Gasteiger partial charge is 0.395 e. The molecule has 0 spiro atoms. The van der Waals surface area contributed by atoms with Gasteiger partial charge in [-0.3, -0.25) is 0 Å². The highest BCUT2D eigenvalue weighted by Crippen LogP contribution is 2.18. The molecule has 0 radical (unpaired) electrons. The number of hydrogen-bond acceptors (Lipinski definition) is 5. The molecule has 0 saturated heterocycles. The second-order valence-corrected chi connectivity index (χ2v) is 4.82. The topological polar surface area (TPSA) is 61.3 Å². The van der Waals surface area contributed by atoms with Gasteiger partial charge in [0.1, 0.15) is 17.5 Å². The van der Waals surface area contributed by atoms with Gasteiger partial charge >= 0.3 is 0 Å². The van der Waals surface area contributed by atoms with Gasteiger partial charge in [0.05, 0.1) is 6.61 Å². The first-order valence-electron chi connectivity index (χ1n) is 7.11. The van der Waals surface area contributed by atoms with Gasteiger partial charge in [-0.1, -0.05) is 13.8 Å². The number of hydrogen-bond donors (Lipinski definition) is 2. The van der Waals surface area contributed by atoms with Crippen molar-refractivity contribution in [3.8, 4) is 0 Å². The van der Waals surface area contributed by atoms with E-state index >= 15 is 0 Å². The highest BCUT2D eigenvalue weighted by atomic mass is 16.3. The molecule has 0 aliphatic heterocycles. The number of aryl methyl sites for hydroxylation is 1. The fraction of sp³-hybridized carbons (Fsp3) is 0.714. The van der Waals surface area contributed by atoms with E-state index in [-0.39, 0.29) is 6.61 Å². The lowest BCUT2D eigenvalue weighted by Gasteiger charge is -2.27. The molecule has 1 heterocycles. The standard InChI is InChI=1S/C14H26N4O/c1-5-7-15-13-10-14(17-12(6-2)16-13)18(8-9-19)11(3)4/h10-11,19H,5-9H2,1-4H3,(H,15,16,17). The Morgan fingerprint density at radius 3 is 2.58 bits per heavy atom. The van der Waals surface area contributed by atoms with Crippen LogP contribution in [0.4, 0.5) is 11.6 Å². The monoisotopic (exact) mass is 266 g/mol. The van der Waals surface area contributed by atoms with Gasteiger partial charge in [0.2, 0.25) is 0 Å². The lowest BCUT2D eigenvalue weighted by atomic mass is 10.3. The van der Waals surface area contributed by atoms with Crippen LogP contribution in [0, 0.1) is 0 Å². The Kier molecular flexibility index (Phi) is 6.56. The first kappa shape index (κ1) is 15.7. The molecule has 2 N–H and O–H groups in total. The van der Waals surface area contributed by atoms with Crippen LogP contribution in [0.5, 0.6) is 0 Å². The molecule has 1 rings (SSSR count). The van der Waals surface area contributed by atoms with Crippen molar-refractivity contribution in [1.29, 1.82) is 0 Å². The first-order chi connectivity index (χ1) is 9.12. The van der Waals surface area contributed by atoms with Gasteiger partial charge in [-0.05, 0) is 20.3 Å². The van der Waals surface area contributed by atoms with Gasteiger partial charge in [-0.15, -0.1) is 0 Å². The summed E-state index contributed by atoms with van der Waals surface area (Å²) < 4.78 is 0. The zero-order chi connectivity index (χ0) is 14.3. The van der Waals surface area contributed by atoms with Gasteiger partial charge < -0.3 is 15.3 Å². The molecule has 0 saturated carbocycles. The Labute approximate surface area is 116 Å². The zero-order valence-corrected chi connectivity index (χ0v) is 12.5. The first-order valence-corrected chi connectivity index (χ1v) is 7.11. The summed E-state index contributed by atoms with van der Waals surface area (Å²) in [6.45, 7) is 10.00. The summed E-state index contributed by atoms with van der Waals surface area (Å²) in [6, 6.07) is 2.26. The minimum Gasteiger partial charge on any atom is -0.395 e. The molecule has 5 nitrogen and oxygen atoms in total. The van der Waals surface area contributed by atoms with E-state index in [1.54, 1.807) is 0 Å². The molecule has 108 valence electrons. The van der Waals surface area contributed by atoms with E-state index in [9.17, 15) is 5.11 Å². The SMILES string of the molecule is CCCNc1cc(N(CCO)C(C)C)nc(CC)n1. The fourth-order valence-electron chi connectivity index (χ4n) is 1.88. The van der Waals surface area contributed by atoms with Crippen LogP contribution in [0.1, 0.15) is 39.9 Å². The molecule has 0 bridgehead atoms. The minimum atomic E-state index is 0.126. The third-order valence-corrected chi connectivity index (χ3v) is 2.89. The molecular weight excluding hydrogens is 240 g/mol. The predicted octanol–water partition coefficient (Wildman–Crippen LogP) is 2.07. The van der Waals surface area contributed by atoms with Crippen molar-refractivity contribution in [2.45, 2.75) is 46.6 Å². The van der Waals surface area contributed by atoms with Crippen LogP contribution in [-0.2, 0) is 6.42 Å². The lowest BCUT2D eigenvalue weighted by molar-refractivity contribution is 0.298. The van der Waals surface area contributed by atoms with Crippen molar-refractivity contribution >= 4 is 11.6 Å². The Hall–Kier alpha value is -1.36. The van der Waals surface area contributed by atoms with Crippen molar-refractivity contribution in [2.75, 3.05) is 29.9 Å². The number of anilines is 2. The predicted molar refractivity (Wildman–Crippen MR) is 79.8 cm³/mol. The van der Waals surface area contributed by atoms with Crippen molar-refractivity contribution < 1.29 is 5.11 Å². The molecular formula is C14H26N4O. The molecule has 19 heavy (non-hydrogen) atoms. The number of aromatic nitrogens is 2. The van der Waals surface area contributed by atoms with Crippen LogP contribution in [0.25, 0.3) is 0 Å². The maximum atomic E-state index is 9.18. The molecule has 0 aliphatic rings. The summed E-state index contributed by atoms with van der Waals surface area (Å²) in [4.78, 5) is 11.1. The van der Waals surface area contributed by atoms with E-state index < -0.39 is 0 Å². The number of aliphatic hydroxyl groups is 1. The van der Waals surface area contributed by atoms with Crippen molar-refractivity contribution in [3.05, 3.63) is 11.9 Å². The Morgan fingerprint density at radius 2 is 2.05 bits per heavy atom. The summed E-state index contributed by atoms with van der Waals surface area (Å²) in [5.41, 5.74) is 0. The van der Waals surface area contributed by atoms with Gasteiger partial charge in [-0.25, -0.2) is 9.97 Å². The highest BCUT2D eigenvalue weighted by Gasteiger charge is 2.13. The maximum absolute atomic E-state index is 9.18. The van der Waals surface area contributed by atoms with Gasteiger partial charge in [0, 0.05) is 31.6 Å². The summed E-state index contributed by atoms with van der Waals surface area (Å²) in [5.74, 6) is 2.58. The molecule has 0 unspecified atom stereocenters. The van der Waals surface area contributed by atoms with Gasteiger partial charge in [0.15, 0.2) is 0 Å². The fourth-order valence-corrected chi connectivity index (χ4v) is 1.88. The second-order valence-electron chi connectivity index (χ2n) is 4.82. The van der Waals surface area contributed by atoms with Crippen LogP contribution < -0.4 is 10.2 Å². The van der Waals surface area contributed by atoms with Gasteiger partial charge in [0.25, 0.3) is 0 Å². The normalized spacial score (nSPS) is 10.8. The van der Waals surface area contributed by atoms with Crippen LogP contribution in [-0.4, -0.2) is 40.8 Å². The zero-order valence-electron chi connectivity index (χ0n) is 12.5. The molecule has 0 aliphatic carbocycles. The molecule has 1 aromatic rings. The number of nitrogens with zero attached hydrogens (tertiary/aromatic N) is 3. The molecule has 5 heteroatoms. The maximum Gasteiger partial charge on any atom is 0.134 e. The molecule has 0 fully saturated rings. The van der Waals surface area contributed by atoms with E-state index in [2.05, 4.69) is 47.9 Å². The summed E-state index contributed by atoms with van der Waals surface area (Å²) in [5, 5.41) is 12.5. The van der Waals surface area contributed by atoms with E-state index in [0.29, 0.717) is 12.6 Å². The average molecular weight is 266 g/mol. The van der Waals surface area contributed by atoms with E-state index in [1.165, 1.54) is 0 Å². The number of nitrogens with one attached hydrogen (secondary N) is 1. The molecule has 0 atom stereocenters. The molecule has 1 aromatic heterocycles. The number of rotatable bonds is 8. The Morgan fingerprint density at radius 1 is 1.32 bits per heavy atom. The van der Waals surface area contributed by atoms with Crippen LogP contribution in [0.3, 0.4) is 0 Å². The molecule has 0 amide bonds. The Balaban J connectivity index is 3.02. The van der Waals surface area contributed by atoms with E-state index in [4.69, 9.17) is 0 Å². The smallest absolute Gasteiger partial charge is 0.134 e. The third kappa shape index (κ3) is 4.67. The van der Waals surface area contributed by atoms with Crippen LogP contribution in [0.15, 0.2) is 6.07 Å². The van der Waals surface area contributed by atoms with Gasteiger partial charge in [-0.2, -0.15) is 0 Å². The number of aliphatic hydroxyl groups excluding tert-OH is 1. The highest BCUT2D eigenvalue weighted by molar-refractivity contribution is 5.50. The lowest BCUT2D eigenvalue weighted by Crippen LogP contribution is -2.34. The quantitative estimate of drug-likeness (QED) is 0.754. The van der Waals surface area contributed by atoms with Crippen molar-refractivity contribution in [1.82, 2.24) is 9.97 Å². The van der Waals surface area contributed by atoms with E-state index in [0.717, 1.165) is 36.8 Å². The minimum absolute atomic E-state index is 0.126. The van der Waals surface area contributed by atoms with Crippen molar-refractivity contribution in [2.24, 2.45) is 0 Å². The Bertz CT molecular complexity index is 382. The summed E-state index contributed by atoms with van der Waals surface area (Å²) in [6.07, 6.45) is 1.87. The average Bonchev–Trinajstić information content (AvgIpc) is 2.41.